The fraction of sp³-hybridized carbons (Fsp3) is 0.333. The molecule has 0 aliphatic carbocycles. The highest BCUT2D eigenvalue weighted by atomic mass is 16.4. The van der Waals surface area contributed by atoms with Gasteiger partial charge < -0.3 is 15.0 Å². The number of nitrogens with one attached hydrogen (secondary N) is 1. The molecule has 1 aliphatic rings. The third kappa shape index (κ3) is 3.86. The van der Waals surface area contributed by atoms with Crippen molar-refractivity contribution in [1.29, 1.82) is 0 Å². The molecule has 4 rings (SSSR count). The van der Waals surface area contributed by atoms with E-state index < -0.39 is 12.0 Å². The highest BCUT2D eigenvalue weighted by Crippen LogP contribution is 2.29. The third-order valence-electron chi connectivity index (χ3n) is 5.39. The Hall–Kier alpha value is -2.70. The van der Waals surface area contributed by atoms with Gasteiger partial charge in [-0.05, 0) is 30.2 Å². The molecule has 0 radical (unpaired) electrons. The van der Waals surface area contributed by atoms with Gasteiger partial charge in [0.25, 0.3) is 0 Å². The summed E-state index contributed by atoms with van der Waals surface area (Å²) in [6.07, 6.45) is 6.49. The van der Waals surface area contributed by atoms with Gasteiger partial charge in [-0.1, -0.05) is 18.2 Å². The molecule has 0 unspecified atom stereocenters. The van der Waals surface area contributed by atoms with Gasteiger partial charge in [-0.2, -0.15) is 0 Å². The summed E-state index contributed by atoms with van der Waals surface area (Å²) in [7, 11) is 0. The number of aliphatic carboxylic acids is 1. The minimum Gasteiger partial charge on any atom is -0.480 e. The number of H-pyrrole nitrogens is 1. The van der Waals surface area contributed by atoms with Crippen LogP contribution in [-0.2, 0) is 11.2 Å². The molecule has 3 heterocycles. The molecule has 2 aromatic heterocycles. The summed E-state index contributed by atoms with van der Waals surface area (Å²) in [4.78, 5) is 23.8. The number of carboxylic acids is 1. The van der Waals surface area contributed by atoms with Crippen LogP contribution >= 0.6 is 0 Å². The third-order valence-corrected chi connectivity index (χ3v) is 5.39. The molecule has 0 amide bonds. The average Bonchev–Trinajstić information content (AvgIpc) is 3.12. The molecule has 6 nitrogen and oxygen atoms in total. The van der Waals surface area contributed by atoms with Crippen molar-refractivity contribution < 1.29 is 9.90 Å². The standard InChI is InChI=1S/C21H24N4O2/c26-21(27)20(18-15-23-19-4-2-1-3-17(18)19)25-13-11-24(12-14-25)10-7-16-5-8-22-9-6-16/h1-6,8-9,15,20,23H,7,10-14H2,(H,26,27)/t20-/m0/s1. The van der Waals surface area contributed by atoms with Crippen LogP contribution in [0.5, 0.6) is 0 Å². The lowest BCUT2D eigenvalue weighted by Gasteiger charge is -2.37. The van der Waals surface area contributed by atoms with E-state index in [0.29, 0.717) is 0 Å². The molecule has 1 saturated heterocycles. The molecule has 6 heteroatoms. The Morgan fingerprint density at radius 2 is 1.85 bits per heavy atom. The van der Waals surface area contributed by atoms with Crippen molar-refractivity contribution in [3.63, 3.8) is 0 Å². The van der Waals surface area contributed by atoms with Crippen LogP contribution in [0.4, 0.5) is 0 Å². The lowest BCUT2D eigenvalue weighted by atomic mass is 10.0. The highest BCUT2D eigenvalue weighted by molar-refractivity contribution is 5.89. The summed E-state index contributed by atoms with van der Waals surface area (Å²) in [5, 5.41) is 10.9. The zero-order chi connectivity index (χ0) is 18.6. The van der Waals surface area contributed by atoms with Crippen LogP contribution in [-0.4, -0.2) is 63.6 Å². The summed E-state index contributed by atoms with van der Waals surface area (Å²) < 4.78 is 0. The summed E-state index contributed by atoms with van der Waals surface area (Å²) in [6, 6.07) is 11.4. The number of nitrogens with zero attached hydrogens (tertiary/aromatic N) is 3. The molecule has 1 aromatic carbocycles. The fourth-order valence-corrected chi connectivity index (χ4v) is 3.89. The quantitative estimate of drug-likeness (QED) is 0.703. The predicted molar refractivity (Wildman–Crippen MR) is 105 cm³/mol. The molecule has 2 N–H and O–H groups in total. The number of aromatic amines is 1. The molecule has 140 valence electrons. The Kier molecular flexibility index (Phi) is 5.18. The van der Waals surface area contributed by atoms with Crippen LogP contribution in [0.15, 0.2) is 55.0 Å². The number of para-hydroxylation sites is 1. The number of hydrogen-bond acceptors (Lipinski definition) is 4. The van der Waals surface area contributed by atoms with Gasteiger partial charge >= 0.3 is 5.97 Å². The lowest BCUT2D eigenvalue weighted by molar-refractivity contribution is -0.144. The van der Waals surface area contributed by atoms with Crippen LogP contribution in [0.25, 0.3) is 10.9 Å². The van der Waals surface area contributed by atoms with Crippen molar-refractivity contribution in [1.82, 2.24) is 19.8 Å². The van der Waals surface area contributed by atoms with Crippen molar-refractivity contribution in [3.8, 4) is 0 Å². The van der Waals surface area contributed by atoms with E-state index in [2.05, 4.69) is 19.8 Å². The Balaban J connectivity index is 1.41. The first-order chi connectivity index (χ1) is 13.2. The van der Waals surface area contributed by atoms with Crippen LogP contribution in [0.2, 0.25) is 0 Å². The largest absolute Gasteiger partial charge is 0.480 e. The molecular weight excluding hydrogens is 340 g/mol. The predicted octanol–water partition coefficient (Wildman–Crippen LogP) is 2.55. The number of pyridine rings is 1. The molecule has 1 aliphatic heterocycles. The van der Waals surface area contributed by atoms with Crippen LogP contribution in [0.1, 0.15) is 17.2 Å². The Labute approximate surface area is 158 Å². The number of fused-ring (bicyclic) bond motifs is 1. The van der Waals surface area contributed by atoms with E-state index in [4.69, 9.17) is 0 Å². The number of benzene rings is 1. The first kappa shape index (κ1) is 17.7. The minimum absolute atomic E-state index is 0.608. The van der Waals surface area contributed by atoms with Crippen molar-refractivity contribution >= 4 is 16.9 Å². The van der Waals surface area contributed by atoms with E-state index in [1.54, 1.807) is 0 Å². The molecule has 3 aromatic rings. The van der Waals surface area contributed by atoms with Crippen LogP contribution in [0, 0.1) is 0 Å². The number of rotatable bonds is 6. The second-order valence-electron chi connectivity index (χ2n) is 7.01. The maximum atomic E-state index is 12.1. The average molecular weight is 364 g/mol. The van der Waals surface area contributed by atoms with Gasteiger partial charge in [-0.15, -0.1) is 0 Å². The zero-order valence-corrected chi connectivity index (χ0v) is 15.2. The van der Waals surface area contributed by atoms with E-state index >= 15 is 0 Å². The lowest BCUT2D eigenvalue weighted by Crippen LogP contribution is -2.49. The van der Waals surface area contributed by atoms with Gasteiger partial charge in [0.15, 0.2) is 0 Å². The zero-order valence-electron chi connectivity index (χ0n) is 15.2. The van der Waals surface area contributed by atoms with Gasteiger partial charge in [0.1, 0.15) is 6.04 Å². The normalized spacial score (nSPS) is 17.2. The maximum absolute atomic E-state index is 12.1. The number of piperazine rings is 1. The summed E-state index contributed by atoms with van der Waals surface area (Å²) in [5.74, 6) is -0.787. The van der Waals surface area contributed by atoms with Gasteiger partial charge in [0, 0.05) is 67.8 Å². The first-order valence-electron chi connectivity index (χ1n) is 9.36. The number of aromatic nitrogens is 2. The van der Waals surface area contributed by atoms with Crippen molar-refractivity contribution in [2.24, 2.45) is 0 Å². The summed E-state index contributed by atoms with van der Waals surface area (Å²) >= 11 is 0. The highest BCUT2D eigenvalue weighted by Gasteiger charge is 2.31. The van der Waals surface area contributed by atoms with E-state index in [9.17, 15) is 9.90 Å². The molecule has 0 saturated carbocycles. The molecule has 1 fully saturated rings. The number of hydrogen-bond donors (Lipinski definition) is 2. The minimum atomic E-state index is -0.787. The second-order valence-corrected chi connectivity index (χ2v) is 7.01. The van der Waals surface area contributed by atoms with E-state index in [1.165, 1.54) is 5.56 Å². The Bertz CT molecular complexity index is 901. The Morgan fingerprint density at radius 3 is 2.59 bits per heavy atom. The topological polar surface area (TPSA) is 72.5 Å². The van der Waals surface area contributed by atoms with Gasteiger partial charge in [-0.25, -0.2) is 0 Å². The molecular formula is C21H24N4O2. The fourth-order valence-electron chi connectivity index (χ4n) is 3.89. The molecule has 1 atom stereocenters. The van der Waals surface area contributed by atoms with Gasteiger partial charge in [0.05, 0.1) is 0 Å². The molecule has 27 heavy (non-hydrogen) atoms. The SMILES string of the molecule is O=C(O)[C@H](c1c[nH]c2ccccc12)N1CCN(CCc2ccncc2)CC1. The van der Waals surface area contributed by atoms with Gasteiger partial charge in [-0.3, -0.25) is 14.7 Å². The maximum Gasteiger partial charge on any atom is 0.325 e. The van der Waals surface area contributed by atoms with E-state index in [0.717, 1.165) is 55.6 Å². The smallest absolute Gasteiger partial charge is 0.325 e. The number of carboxylic acid groups (broad SMARTS) is 1. The summed E-state index contributed by atoms with van der Waals surface area (Å²) in [6.45, 7) is 4.27. The molecule has 0 spiro atoms. The second kappa shape index (κ2) is 7.90. The van der Waals surface area contributed by atoms with E-state index in [-0.39, 0.29) is 0 Å². The summed E-state index contributed by atoms with van der Waals surface area (Å²) in [5.41, 5.74) is 3.12. The van der Waals surface area contributed by atoms with Gasteiger partial charge in [0.2, 0.25) is 0 Å². The van der Waals surface area contributed by atoms with Crippen LogP contribution in [0.3, 0.4) is 0 Å². The van der Waals surface area contributed by atoms with Crippen molar-refractivity contribution in [3.05, 3.63) is 66.1 Å². The first-order valence-corrected chi connectivity index (χ1v) is 9.36. The van der Waals surface area contributed by atoms with Crippen LogP contribution < -0.4 is 0 Å². The molecule has 0 bridgehead atoms. The van der Waals surface area contributed by atoms with Crippen molar-refractivity contribution in [2.75, 3.05) is 32.7 Å². The van der Waals surface area contributed by atoms with E-state index in [1.807, 2.05) is 55.0 Å². The number of carbonyl (C=O) groups is 1. The monoisotopic (exact) mass is 364 g/mol. The van der Waals surface area contributed by atoms with Crippen molar-refractivity contribution in [2.45, 2.75) is 12.5 Å². The Morgan fingerprint density at radius 1 is 1.11 bits per heavy atom.